The number of rotatable bonds is 3. The second-order valence-electron chi connectivity index (χ2n) is 6.64. The maximum atomic E-state index is 12.7. The lowest BCUT2D eigenvalue weighted by atomic mass is 9.86. The van der Waals surface area contributed by atoms with Crippen LogP contribution < -0.4 is 4.90 Å². The van der Waals surface area contributed by atoms with Crippen molar-refractivity contribution < 1.29 is 4.79 Å². The topological polar surface area (TPSA) is 20.3 Å². The Balaban J connectivity index is 1.56. The van der Waals surface area contributed by atoms with Gasteiger partial charge in [0.1, 0.15) is 0 Å². The van der Waals surface area contributed by atoms with E-state index >= 15 is 0 Å². The molecule has 3 aromatic rings. The molecule has 0 heterocycles. The summed E-state index contributed by atoms with van der Waals surface area (Å²) in [7, 11) is 2.06. The molecule has 0 amide bonds. The van der Waals surface area contributed by atoms with Crippen LogP contribution in [0.2, 0.25) is 0 Å². The lowest BCUT2D eigenvalue weighted by Gasteiger charge is -2.20. The SMILES string of the molecule is CN(c1ccccc1)c1ccc(C=C2CCc3ccccc3C2=O)cc1. The number of Topliss-reactive ketones (excluding diaryl/α,β-unsaturated/α-hetero) is 1. The first-order chi connectivity index (χ1) is 12.7. The van der Waals surface area contributed by atoms with Gasteiger partial charge in [-0.15, -0.1) is 0 Å². The number of aryl methyl sites for hydroxylation is 1. The van der Waals surface area contributed by atoms with Gasteiger partial charge in [0, 0.05) is 29.6 Å². The molecule has 0 spiro atoms. The summed E-state index contributed by atoms with van der Waals surface area (Å²) in [4.78, 5) is 14.9. The van der Waals surface area contributed by atoms with Crippen LogP contribution in [0.5, 0.6) is 0 Å². The van der Waals surface area contributed by atoms with Gasteiger partial charge in [-0.05, 0) is 54.3 Å². The Kier molecular flexibility index (Phi) is 4.40. The van der Waals surface area contributed by atoms with Crippen molar-refractivity contribution in [3.63, 3.8) is 0 Å². The molecule has 1 aliphatic rings. The average Bonchev–Trinajstić information content (AvgIpc) is 2.71. The molecule has 0 aromatic heterocycles. The van der Waals surface area contributed by atoms with Crippen LogP contribution in [0.25, 0.3) is 6.08 Å². The van der Waals surface area contributed by atoms with Crippen molar-refractivity contribution >= 4 is 23.2 Å². The zero-order valence-corrected chi connectivity index (χ0v) is 14.9. The van der Waals surface area contributed by atoms with Crippen molar-refractivity contribution in [2.45, 2.75) is 12.8 Å². The zero-order chi connectivity index (χ0) is 17.9. The molecule has 0 N–H and O–H groups in total. The van der Waals surface area contributed by atoms with Crippen molar-refractivity contribution in [1.29, 1.82) is 0 Å². The van der Waals surface area contributed by atoms with Crippen LogP contribution >= 0.6 is 0 Å². The Morgan fingerprint density at radius 1 is 0.769 bits per heavy atom. The van der Waals surface area contributed by atoms with Gasteiger partial charge in [0.2, 0.25) is 0 Å². The smallest absolute Gasteiger partial charge is 0.189 e. The summed E-state index contributed by atoms with van der Waals surface area (Å²) in [5.41, 5.74) is 6.25. The number of allylic oxidation sites excluding steroid dienone is 1. The number of nitrogens with zero attached hydrogens (tertiary/aromatic N) is 1. The van der Waals surface area contributed by atoms with Crippen molar-refractivity contribution in [3.8, 4) is 0 Å². The molecule has 3 aromatic carbocycles. The third-order valence-electron chi connectivity index (χ3n) is 4.98. The zero-order valence-electron chi connectivity index (χ0n) is 14.9. The van der Waals surface area contributed by atoms with Gasteiger partial charge in [-0.1, -0.05) is 54.6 Å². The lowest BCUT2D eigenvalue weighted by molar-refractivity contribution is 0.102. The fraction of sp³-hybridized carbons (Fsp3) is 0.125. The first-order valence-corrected chi connectivity index (χ1v) is 8.94. The van der Waals surface area contributed by atoms with Crippen LogP contribution in [0.1, 0.15) is 27.9 Å². The summed E-state index contributed by atoms with van der Waals surface area (Å²) in [6.45, 7) is 0. The van der Waals surface area contributed by atoms with Crippen molar-refractivity contribution in [3.05, 3.63) is 101 Å². The van der Waals surface area contributed by atoms with E-state index in [1.807, 2.05) is 42.5 Å². The monoisotopic (exact) mass is 339 g/mol. The summed E-state index contributed by atoms with van der Waals surface area (Å²) in [6, 6.07) is 26.6. The summed E-state index contributed by atoms with van der Waals surface area (Å²) in [5.74, 6) is 0.164. The van der Waals surface area contributed by atoms with E-state index in [0.29, 0.717) is 0 Å². The van der Waals surface area contributed by atoms with E-state index in [1.54, 1.807) is 0 Å². The molecule has 0 radical (unpaired) electrons. The number of hydrogen-bond acceptors (Lipinski definition) is 2. The molecule has 128 valence electrons. The molecule has 0 saturated heterocycles. The highest BCUT2D eigenvalue weighted by Gasteiger charge is 2.21. The number of anilines is 2. The highest BCUT2D eigenvalue weighted by molar-refractivity contribution is 6.13. The fourth-order valence-electron chi connectivity index (χ4n) is 3.45. The van der Waals surface area contributed by atoms with Crippen molar-refractivity contribution in [2.75, 3.05) is 11.9 Å². The van der Waals surface area contributed by atoms with E-state index in [4.69, 9.17) is 0 Å². The molecule has 4 rings (SSSR count). The second kappa shape index (κ2) is 7.01. The molecule has 0 bridgehead atoms. The van der Waals surface area contributed by atoms with Gasteiger partial charge in [-0.2, -0.15) is 0 Å². The number of hydrogen-bond donors (Lipinski definition) is 0. The third-order valence-corrected chi connectivity index (χ3v) is 4.98. The van der Waals surface area contributed by atoms with E-state index in [0.717, 1.165) is 46.5 Å². The fourth-order valence-corrected chi connectivity index (χ4v) is 3.45. The van der Waals surface area contributed by atoms with Crippen LogP contribution in [0.3, 0.4) is 0 Å². The van der Waals surface area contributed by atoms with Crippen molar-refractivity contribution in [2.24, 2.45) is 0 Å². The Bertz CT molecular complexity index is 955. The molecule has 1 aliphatic carbocycles. The number of carbonyl (C=O) groups is 1. The minimum Gasteiger partial charge on any atom is -0.345 e. The van der Waals surface area contributed by atoms with Gasteiger partial charge in [-0.25, -0.2) is 0 Å². The predicted molar refractivity (Wildman–Crippen MR) is 108 cm³/mol. The largest absolute Gasteiger partial charge is 0.345 e. The normalized spacial score (nSPS) is 15.0. The average molecular weight is 339 g/mol. The maximum absolute atomic E-state index is 12.7. The first-order valence-electron chi connectivity index (χ1n) is 8.94. The minimum atomic E-state index is 0.164. The van der Waals surface area contributed by atoms with Gasteiger partial charge in [0.25, 0.3) is 0 Å². The summed E-state index contributed by atoms with van der Waals surface area (Å²) in [6.07, 6.45) is 3.77. The maximum Gasteiger partial charge on any atom is 0.189 e. The van der Waals surface area contributed by atoms with Crippen LogP contribution in [0, 0.1) is 0 Å². The summed E-state index contributed by atoms with van der Waals surface area (Å²) >= 11 is 0. The number of para-hydroxylation sites is 1. The number of fused-ring (bicyclic) bond motifs is 1. The quantitative estimate of drug-likeness (QED) is 0.573. The van der Waals surface area contributed by atoms with Crippen LogP contribution in [0.4, 0.5) is 11.4 Å². The van der Waals surface area contributed by atoms with E-state index in [1.165, 1.54) is 0 Å². The number of carbonyl (C=O) groups excluding carboxylic acids is 1. The molecule has 0 saturated carbocycles. The minimum absolute atomic E-state index is 0.164. The Hall–Kier alpha value is -3.13. The van der Waals surface area contributed by atoms with Crippen molar-refractivity contribution in [1.82, 2.24) is 0 Å². The molecule has 0 fully saturated rings. The first kappa shape index (κ1) is 16.3. The molecule has 26 heavy (non-hydrogen) atoms. The molecule has 2 nitrogen and oxygen atoms in total. The molecule has 0 unspecified atom stereocenters. The number of ketones is 1. The van der Waals surface area contributed by atoms with Crippen LogP contribution in [-0.4, -0.2) is 12.8 Å². The lowest BCUT2D eigenvalue weighted by Crippen LogP contribution is -2.13. The van der Waals surface area contributed by atoms with Crippen LogP contribution in [-0.2, 0) is 6.42 Å². The van der Waals surface area contributed by atoms with Crippen LogP contribution in [0.15, 0.2) is 84.4 Å². The third kappa shape index (κ3) is 3.18. The number of benzene rings is 3. The summed E-state index contributed by atoms with van der Waals surface area (Å²) in [5, 5.41) is 0. The molecular formula is C24H21NO. The summed E-state index contributed by atoms with van der Waals surface area (Å²) < 4.78 is 0. The molecular weight excluding hydrogens is 318 g/mol. The van der Waals surface area contributed by atoms with E-state index in [2.05, 4.69) is 54.4 Å². The highest BCUT2D eigenvalue weighted by Crippen LogP contribution is 2.28. The van der Waals surface area contributed by atoms with Gasteiger partial charge in [0.15, 0.2) is 5.78 Å². The highest BCUT2D eigenvalue weighted by atomic mass is 16.1. The van der Waals surface area contributed by atoms with Gasteiger partial charge in [0.05, 0.1) is 0 Å². The standard InChI is InChI=1S/C24H21NO/c1-25(21-8-3-2-4-9-21)22-15-11-18(12-16-22)17-20-14-13-19-7-5-6-10-23(19)24(20)26/h2-12,15-17H,13-14H2,1H3. The Morgan fingerprint density at radius 2 is 1.42 bits per heavy atom. The molecule has 2 heteroatoms. The van der Waals surface area contributed by atoms with Gasteiger partial charge < -0.3 is 4.90 Å². The van der Waals surface area contributed by atoms with E-state index in [-0.39, 0.29) is 5.78 Å². The Morgan fingerprint density at radius 3 is 2.19 bits per heavy atom. The predicted octanol–water partition coefficient (Wildman–Crippen LogP) is 5.67. The van der Waals surface area contributed by atoms with E-state index < -0.39 is 0 Å². The molecule has 0 atom stereocenters. The Labute approximate surface area is 154 Å². The van der Waals surface area contributed by atoms with E-state index in [9.17, 15) is 4.79 Å². The van der Waals surface area contributed by atoms with Gasteiger partial charge >= 0.3 is 0 Å². The second-order valence-corrected chi connectivity index (χ2v) is 6.64. The van der Waals surface area contributed by atoms with Gasteiger partial charge in [-0.3, -0.25) is 4.79 Å². The molecule has 0 aliphatic heterocycles.